The smallest absolute Gasteiger partial charge is 0.255 e. The van der Waals surface area contributed by atoms with Crippen LogP contribution in [-0.4, -0.2) is 17.8 Å². The van der Waals surface area contributed by atoms with Crippen LogP contribution in [0.5, 0.6) is 0 Å². The van der Waals surface area contributed by atoms with E-state index in [0.717, 1.165) is 18.4 Å². The van der Waals surface area contributed by atoms with Gasteiger partial charge in [-0.2, -0.15) is 0 Å². The Labute approximate surface area is 164 Å². The molecule has 2 N–H and O–H groups in total. The van der Waals surface area contributed by atoms with Crippen molar-refractivity contribution in [2.75, 3.05) is 10.6 Å². The first-order valence-corrected chi connectivity index (χ1v) is 9.44. The van der Waals surface area contributed by atoms with E-state index in [0.29, 0.717) is 29.8 Å². The molecule has 1 aliphatic carbocycles. The molecule has 0 heterocycles. The van der Waals surface area contributed by atoms with Crippen molar-refractivity contribution < 1.29 is 19.5 Å². The molecule has 0 saturated heterocycles. The zero-order chi connectivity index (χ0) is 20.1. The van der Waals surface area contributed by atoms with E-state index in [9.17, 15) is 19.5 Å². The third kappa shape index (κ3) is 4.76. The molecule has 1 saturated carbocycles. The molecule has 6 nitrogen and oxygen atoms in total. The maximum Gasteiger partial charge on any atom is 0.255 e. The highest BCUT2D eigenvalue weighted by molar-refractivity contribution is 6.04. The van der Waals surface area contributed by atoms with Crippen LogP contribution in [0.3, 0.4) is 0 Å². The molecule has 0 aliphatic heterocycles. The number of hydrogen-bond acceptors (Lipinski definition) is 4. The number of carboxylic acid groups (broad SMARTS) is 1. The molecule has 2 aromatic carbocycles. The molecule has 2 atom stereocenters. The molecule has 0 radical (unpaired) electrons. The highest BCUT2D eigenvalue weighted by Gasteiger charge is 2.31. The lowest BCUT2D eigenvalue weighted by Crippen LogP contribution is -2.42. The topological polar surface area (TPSA) is 98.3 Å². The lowest BCUT2D eigenvalue weighted by Gasteiger charge is -2.31. The molecule has 2 amide bonds. The SMILES string of the molecule is Cc1ccc(NC(=O)c2ccc(NC(=O)[C@H]3CCCC[C@H]3C(=O)[O-])cc2)cc1. The standard InChI is InChI=1S/C22H24N2O4/c1-14-6-10-16(11-7-14)23-20(25)15-8-12-17(13-9-15)24-21(26)18-4-2-3-5-19(18)22(27)28/h6-13,18-19H,2-5H2,1H3,(H,23,25)(H,24,26)(H,27,28)/p-1/t18-,19+/m0/s1. The van der Waals surface area contributed by atoms with Crippen molar-refractivity contribution in [2.24, 2.45) is 11.8 Å². The van der Waals surface area contributed by atoms with Gasteiger partial charge in [-0.25, -0.2) is 0 Å². The largest absolute Gasteiger partial charge is 0.550 e. The number of anilines is 2. The minimum atomic E-state index is -1.16. The molecule has 28 heavy (non-hydrogen) atoms. The molecule has 0 spiro atoms. The fourth-order valence-corrected chi connectivity index (χ4v) is 3.51. The summed E-state index contributed by atoms with van der Waals surface area (Å²) in [5.74, 6) is -3.05. The van der Waals surface area contributed by atoms with Crippen molar-refractivity contribution in [3.8, 4) is 0 Å². The van der Waals surface area contributed by atoms with Crippen molar-refractivity contribution in [2.45, 2.75) is 32.6 Å². The zero-order valence-electron chi connectivity index (χ0n) is 15.7. The predicted octanol–water partition coefficient (Wildman–Crippen LogP) is 2.74. The lowest BCUT2D eigenvalue weighted by atomic mass is 9.78. The maximum absolute atomic E-state index is 12.5. The Kier molecular flexibility index (Phi) is 6.09. The van der Waals surface area contributed by atoms with E-state index in [1.54, 1.807) is 24.3 Å². The number of carboxylic acids is 1. The van der Waals surface area contributed by atoms with Gasteiger partial charge in [0, 0.05) is 34.7 Å². The van der Waals surface area contributed by atoms with Gasteiger partial charge in [0.2, 0.25) is 5.91 Å². The van der Waals surface area contributed by atoms with Gasteiger partial charge in [-0.05, 0) is 56.2 Å². The van der Waals surface area contributed by atoms with Crippen LogP contribution in [0.4, 0.5) is 11.4 Å². The van der Waals surface area contributed by atoms with Crippen LogP contribution in [0.2, 0.25) is 0 Å². The molecule has 1 fully saturated rings. The second kappa shape index (κ2) is 8.69. The Balaban J connectivity index is 1.62. The minimum Gasteiger partial charge on any atom is -0.550 e. The Morgan fingerprint density at radius 1 is 0.821 bits per heavy atom. The fraction of sp³-hybridized carbons (Fsp3) is 0.318. The van der Waals surface area contributed by atoms with E-state index in [2.05, 4.69) is 10.6 Å². The van der Waals surface area contributed by atoms with E-state index < -0.39 is 17.8 Å². The average molecular weight is 379 g/mol. The van der Waals surface area contributed by atoms with E-state index in [1.807, 2.05) is 31.2 Å². The van der Waals surface area contributed by atoms with Gasteiger partial charge in [0.05, 0.1) is 0 Å². The van der Waals surface area contributed by atoms with Gasteiger partial charge in [-0.15, -0.1) is 0 Å². The van der Waals surface area contributed by atoms with Gasteiger partial charge < -0.3 is 20.5 Å². The third-order valence-electron chi connectivity index (χ3n) is 5.13. The second-order valence-electron chi connectivity index (χ2n) is 7.20. The fourth-order valence-electron chi connectivity index (χ4n) is 3.51. The maximum atomic E-state index is 12.5. The Hall–Kier alpha value is -3.15. The molecule has 0 aromatic heterocycles. The molecule has 1 aliphatic rings. The number of aryl methyl sites for hydroxylation is 1. The molecule has 3 rings (SSSR count). The first kappa shape index (κ1) is 19.6. The number of rotatable bonds is 5. The minimum absolute atomic E-state index is 0.244. The number of carbonyl (C=O) groups excluding carboxylic acids is 3. The molecular formula is C22H23N2O4-. The third-order valence-corrected chi connectivity index (χ3v) is 5.13. The van der Waals surface area contributed by atoms with Crippen LogP contribution in [0.15, 0.2) is 48.5 Å². The van der Waals surface area contributed by atoms with Crippen molar-refractivity contribution in [3.63, 3.8) is 0 Å². The van der Waals surface area contributed by atoms with Crippen LogP contribution in [0.1, 0.15) is 41.6 Å². The van der Waals surface area contributed by atoms with E-state index in [-0.39, 0.29) is 11.8 Å². The van der Waals surface area contributed by atoms with E-state index >= 15 is 0 Å². The van der Waals surface area contributed by atoms with Crippen LogP contribution in [-0.2, 0) is 9.59 Å². The van der Waals surface area contributed by atoms with Gasteiger partial charge in [0.25, 0.3) is 5.91 Å². The summed E-state index contributed by atoms with van der Waals surface area (Å²) in [7, 11) is 0. The second-order valence-corrected chi connectivity index (χ2v) is 7.20. The summed E-state index contributed by atoms with van der Waals surface area (Å²) in [5, 5.41) is 16.8. The van der Waals surface area contributed by atoms with Gasteiger partial charge in [-0.3, -0.25) is 9.59 Å². The highest BCUT2D eigenvalue weighted by Crippen LogP contribution is 2.30. The monoisotopic (exact) mass is 379 g/mol. The van der Waals surface area contributed by atoms with E-state index in [1.165, 1.54) is 0 Å². The first-order valence-electron chi connectivity index (χ1n) is 9.44. The van der Waals surface area contributed by atoms with Gasteiger partial charge in [0.1, 0.15) is 0 Å². The Bertz CT molecular complexity index is 859. The lowest BCUT2D eigenvalue weighted by molar-refractivity contribution is -0.313. The summed E-state index contributed by atoms with van der Waals surface area (Å²) in [4.78, 5) is 36.1. The molecule has 0 bridgehead atoms. The molecule has 6 heteroatoms. The van der Waals surface area contributed by atoms with Crippen LogP contribution < -0.4 is 15.7 Å². The van der Waals surface area contributed by atoms with Crippen molar-refractivity contribution >= 4 is 29.2 Å². The Morgan fingerprint density at radius 2 is 1.36 bits per heavy atom. The number of hydrogen-bond donors (Lipinski definition) is 2. The normalized spacial score (nSPS) is 18.9. The number of benzene rings is 2. The van der Waals surface area contributed by atoms with Gasteiger partial charge in [-0.1, -0.05) is 30.5 Å². The first-order chi connectivity index (χ1) is 13.4. The summed E-state index contributed by atoms with van der Waals surface area (Å²) in [6.07, 6.45) is 2.65. The average Bonchev–Trinajstić information content (AvgIpc) is 2.70. The number of aliphatic carboxylic acids is 1. The van der Waals surface area contributed by atoms with E-state index in [4.69, 9.17) is 0 Å². The summed E-state index contributed by atoms with van der Waals surface area (Å²) in [6.45, 7) is 1.97. The quantitative estimate of drug-likeness (QED) is 0.834. The van der Waals surface area contributed by atoms with Crippen molar-refractivity contribution in [3.05, 3.63) is 59.7 Å². The van der Waals surface area contributed by atoms with Crippen LogP contribution >= 0.6 is 0 Å². The molecule has 146 valence electrons. The van der Waals surface area contributed by atoms with Gasteiger partial charge in [0.15, 0.2) is 0 Å². The number of nitrogens with one attached hydrogen (secondary N) is 2. The molecule has 2 aromatic rings. The van der Waals surface area contributed by atoms with Crippen LogP contribution in [0.25, 0.3) is 0 Å². The van der Waals surface area contributed by atoms with Crippen molar-refractivity contribution in [1.29, 1.82) is 0 Å². The summed E-state index contributed by atoms with van der Waals surface area (Å²) in [6, 6.07) is 14.0. The van der Waals surface area contributed by atoms with Gasteiger partial charge >= 0.3 is 0 Å². The summed E-state index contributed by atoms with van der Waals surface area (Å²) < 4.78 is 0. The van der Waals surface area contributed by atoms with Crippen molar-refractivity contribution in [1.82, 2.24) is 0 Å². The number of carbonyl (C=O) groups is 3. The molecule has 0 unspecified atom stereocenters. The van der Waals surface area contributed by atoms with Crippen LogP contribution in [0, 0.1) is 18.8 Å². The number of amides is 2. The summed E-state index contributed by atoms with van der Waals surface area (Å²) in [5.41, 5.74) is 2.80. The molecular weight excluding hydrogens is 356 g/mol. The zero-order valence-corrected chi connectivity index (χ0v) is 15.7. The Morgan fingerprint density at radius 3 is 1.96 bits per heavy atom. The highest BCUT2D eigenvalue weighted by atomic mass is 16.4. The predicted molar refractivity (Wildman–Crippen MR) is 105 cm³/mol. The summed E-state index contributed by atoms with van der Waals surface area (Å²) >= 11 is 0.